The third-order valence-electron chi connectivity index (χ3n) is 1.52. The van der Waals surface area contributed by atoms with Crippen LogP contribution in [0.25, 0.3) is 0 Å². The monoisotopic (exact) mass is 123 g/mol. The smallest absolute Gasteiger partial charge is 0.137 e. The van der Waals surface area contributed by atoms with Crippen LogP contribution < -0.4 is 0 Å². The molecule has 1 saturated carbocycles. The summed E-state index contributed by atoms with van der Waals surface area (Å²) in [6, 6.07) is 1.96. The van der Waals surface area contributed by atoms with E-state index in [1.807, 2.05) is 6.07 Å². The highest BCUT2D eigenvalue weighted by Gasteiger charge is 2.28. The van der Waals surface area contributed by atoms with Gasteiger partial charge >= 0.3 is 0 Å². The lowest BCUT2D eigenvalue weighted by Gasteiger charge is -1.88. The molecule has 0 atom stereocenters. The van der Waals surface area contributed by atoms with E-state index in [1.54, 1.807) is 0 Å². The minimum Gasteiger partial charge on any atom is -0.299 e. The number of nitriles is 1. The second kappa shape index (κ2) is 2.63. The van der Waals surface area contributed by atoms with Gasteiger partial charge in [0, 0.05) is 18.8 Å². The molecule has 0 N–H and O–H groups in total. The van der Waals surface area contributed by atoms with Crippen LogP contribution >= 0.6 is 0 Å². The SMILES string of the molecule is N#CCCC(=O)C1CC1. The predicted molar refractivity (Wildman–Crippen MR) is 32.6 cm³/mol. The van der Waals surface area contributed by atoms with Crippen LogP contribution in [-0.4, -0.2) is 5.78 Å². The van der Waals surface area contributed by atoms with Crippen LogP contribution in [0.3, 0.4) is 0 Å². The van der Waals surface area contributed by atoms with Crippen LogP contribution in [0, 0.1) is 17.2 Å². The molecule has 0 heterocycles. The van der Waals surface area contributed by atoms with Gasteiger partial charge in [-0.3, -0.25) is 4.79 Å². The van der Waals surface area contributed by atoms with Gasteiger partial charge in [-0.15, -0.1) is 0 Å². The van der Waals surface area contributed by atoms with Gasteiger partial charge in [-0.2, -0.15) is 5.26 Å². The Kier molecular flexibility index (Phi) is 1.84. The first-order valence-electron chi connectivity index (χ1n) is 3.24. The summed E-state index contributed by atoms with van der Waals surface area (Å²) in [6.07, 6.45) is 2.99. The molecule has 0 aromatic carbocycles. The second-order valence-electron chi connectivity index (χ2n) is 2.40. The van der Waals surface area contributed by atoms with E-state index >= 15 is 0 Å². The molecule has 0 spiro atoms. The molecule has 0 bridgehead atoms. The van der Waals surface area contributed by atoms with Gasteiger partial charge in [-0.1, -0.05) is 0 Å². The maximum atomic E-state index is 10.8. The fourth-order valence-corrected chi connectivity index (χ4v) is 0.789. The van der Waals surface area contributed by atoms with Gasteiger partial charge in [0.1, 0.15) is 5.78 Å². The third-order valence-corrected chi connectivity index (χ3v) is 1.52. The number of hydrogen-bond acceptors (Lipinski definition) is 2. The molecule has 48 valence electrons. The summed E-state index contributed by atoms with van der Waals surface area (Å²) >= 11 is 0. The number of Topliss-reactive ketones (excluding diaryl/α,β-unsaturated/α-hetero) is 1. The Morgan fingerprint density at radius 3 is 2.78 bits per heavy atom. The summed E-state index contributed by atoms with van der Waals surface area (Å²) in [4.78, 5) is 10.8. The number of rotatable bonds is 3. The van der Waals surface area contributed by atoms with Crippen molar-refractivity contribution < 1.29 is 4.79 Å². The Labute approximate surface area is 54.5 Å². The fraction of sp³-hybridized carbons (Fsp3) is 0.714. The van der Waals surface area contributed by atoms with Crippen LogP contribution in [0.2, 0.25) is 0 Å². The zero-order chi connectivity index (χ0) is 6.69. The average Bonchev–Trinajstić information content (AvgIpc) is 2.63. The third kappa shape index (κ3) is 1.85. The summed E-state index contributed by atoms with van der Waals surface area (Å²) in [5.74, 6) is 0.620. The Morgan fingerprint density at radius 2 is 2.33 bits per heavy atom. The van der Waals surface area contributed by atoms with Gasteiger partial charge in [0.2, 0.25) is 0 Å². The molecule has 1 fully saturated rings. The number of carbonyl (C=O) groups is 1. The second-order valence-corrected chi connectivity index (χ2v) is 2.40. The molecule has 1 aliphatic carbocycles. The number of nitrogens with zero attached hydrogens (tertiary/aromatic N) is 1. The Bertz CT molecular complexity index is 153. The van der Waals surface area contributed by atoms with Gasteiger partial charge in [0.15, 0.2) is 0 Å². The largest absolute Gasteiger partial charge is 0.299 e. The highest BCUT2D eigenvalue weighted by Crippen LogP contribution is 2.30. The first kappa shape index (κ1) is 6.28. The number of hydrogen-bond donors (Lipinski definition) is 0. The zero-order valence-corrected chi connectivity index (χ0v) is 5.26. The molecule has 1 aliphatic rings. The van der Waals surface area contributed by atoms with E-state index in [9.17, 15) is 4.79 Å². The molecule has 0 aromatic heterocycles. The minimum atomic E-state index is 0.288. The lowest BCUT2D eigenvalue weighted by Crippen LogP contribution is -1.98. The summed E-state index contributed by atoms with van der Waals surface area (Å²) in [5.41, 5.74) is 0. The Hall–Kier alpha value is -0.840. The van der Waals surface area contributed by atoms with E-state index in [1.165, 1.54) is 0 Å². The summed E-state index contributed by atoms with van der Waals surface area (Å²) in [6.45, 7) is 0. The van der Waals surface area contributed by atoms with Gasteiger partial charge in [-0.05, 0) is 12.8 Å². The molecule has 2 heteroatoms. The molecule has 0 amide bonds. The first-order chi connectivity index (χ1) is 4.34. The van der Waals surface area contributed by atoms with E-state index < -0.39 is 0 Å². The highest BCUT2D eigenvalue weighted by molar-refractivity contribution is 5.83. The Morgan fingerprint density at radius 1 is 1.67 bits per heavy atom. The lowest BCUT2D eigenvalue weighted by atomic mass is 10.2. The van der Waals surface area contributed by atoms with Crippen LogP contribution in [0.4, 0.5) is 0 Å². The quantitative estimate of drug-likeness (QED) is 0.567. The standard InChI is InChI=1S/C7H9NO/c8-5-1-2-7(9)6-3-4-6/h6H,1-4H2. The van der Waals surface area contributed by atoms with Crippen molar-refractivity contribution >= 4 is 5.78 Å². The van der Waals surface area contributed by atoms with Crippen molar-refractivity contribution in [2.45, 2.75) is 25.7 Å². The van der Waals surface area contributed by atoms with Crippen molar-refractivity contribution in [3.05, 3.63) is 0 Å². The van der Waals surface area contributed by atoms with E-state index in [-0.39, 0.29) is 5.78 Å². The van der Waals surface area contributed by atoms with Crippen molar-refractivity contribution in [3.63, 3.8) is 0 Å². The van der Waals surface area contributed by atoms with Gasteiger partial charge in [0.25, 0.3) is 0 Å². The summed E-state index contributed by atoms with van der Waals surface area (Å²) < 4.78 is 0. The zero-order valence-electron chi connectivity index (χ0n) is 5.26. The Balaban J connectivity index is 2.12. The fourth-order valence-electron chi connectivity index (χ4n) is 0.789. The molecule has 0 aromatic rings. The van der Waals surface area contributed by atoms with E-state index in [0.717, 1.165) is 12.8 Å². The van der Waals surface area contributed by atoms with E-state index in [0.29, 0.717) is 18.8 Å². The van der Waals surface area contributed by atoms with E-state index in [4.69, 9.17) is 5.26 Å². The predicted octanol–water partition coefficient (Wildman–Crippen LogP) is 1.27. The average molecular weight is 123 g/mol. The molecular weight excluding hydrogens is 114 g/mol. The molecule has 9 heavy (non-hydrogen) atoms. The van der Waals surface area contributed by atoms with Crippen molar-refractivity contribution in [2.75, 3.05) is 0 Å². The maximum absolute atomic E-state index is 10.8. The number of carbonyl (C=O) groups excluding carboxylic acids is 1. The van der Waals surface area contributed by atoms with Crippen LogP contribution in [0.1, 0.15) is 25.7 Å². The molecule has 1 rings (SSSR count). The van der Waals surface area contributed by atoms with Crippen molar-refractivity contribution in [3.8, 4) is 6.07 Å². The molecule has 0 unspecified atom stereocenters. The van der Waals surface area contributed by atoms with Crippen molar-refractivity contribution in [2.24, 2.45) is 5.92 Å². The normalized spacial score (nSPS) is 16.8. The highest BCUT2D eigenvalue weighted by atomic mass is 16.1. The van der Waals surface area contributed by atoms with Gasteiger partial charge in [0.05, 0.1) is 6.07 Å². The van der Waals surface area contributed by atoms with Gasteiger partial charge < -0.3 is 0 Å². The molecule has 0 aliphatic heterocycles. The summed E-state index contributed by atoms with van der Waals surface area (Å²) in [7, 11) is 0. The molecule has 0 radical (unpaired) electrons. The number of ketones is 1. The lowest BCUT2D eigenvalue weighted by molar-refractivity contribution is -0.120. The van der Waals surface area contributed by atoms with E-state index in [2.05, 4.69) is 0 Å². The molecular formula is C7H9NO. The van der Waals surface area contributed by atoms with Gasteiger partial charge in [-0.25, -0.2) is 0 Å². The van der Waals surface area contributed by atoms with Crippen molar-refractivity contribution in [1.29, 1.82) is 5.26 Å². The van der Waals surface area contributed by atoms with Crippen LogP contribution in [0.15, 0.2) is 0 Å². The maximum Gasteiger partial charge on any atom is 0.137 e. The van der Waals surface area contributed by atoms with Crippen molar-refractivity contribution in [1.82, 2.24) is 0 Å². The molecule has 2 nitrogen and oxygen atoms in total. The topological polar surface area (TPSA) is 40.9 Å². The van der Waals surface area contributed by atoms with Crippen LogP contribution in [-0.2, 0) is 4.79 Å². The first-order valence-corrected chi connectivity index (χ1v) is 3.24. The minimum absolute atomic E-state index is 0.288. The molecule has 0 saturated heterocycles. The summed E-state index contributed by atoms with van der Waals surface area (Å²) in [5, 5.41) is 8.12. The van der Waals surface area contributed by atoms with Crippen LogP contribution in [0.5, 0.6) is 0 Å².